The minimum Gasteiger partial charge on any atom is -0.497 e. The van der Waals surface area contributed by atoms with Gasteiger partial charge in [-0.15, -0.1) is 11.3 Å². The number of nitrogens with one attached hydrogen (secondary N) is 2. The van der Waals surface area contributed by atoms with Crippen molar-refractivity contribution < 1.29 is 19.1 Å². The molecule has 144 valence electrons. The van der Waals surface area contributed by atoms with Gasteiger partial charge in [-0.2, -0.15) is 0 Å². The van der Waals surface area contributed by atoms with Gasteiger partial charge < -0.3 is 20.1 Å². The van der Waals surface area contributed by atoms with Crippen molar-refractivity contribution in [3.8, 4) is 11.5 Å². The topological polar surface area (TPSA) is 76.7 Å². The first kappa shape index (κ1) is 19.4. The molecule has 3 aromatic rings. The van der Waals surface area contributed by atoms with Crippen molar-refractivity contribution in [2.45, 2.75) is 6.17 Å². The van der Waals surface area contributed by atoms with Crippen molar-refractivity contribution >= 4 is 28.7 Å². The summed E-state index contributed by atoms with van der Waals surface area (Å²) < 4.78 is 10.6. The molecular weight excluding hydrogens is 376 g/mol. The van der Waals surface area contributed by atoms with Crippen LogP contribution in [0.2, 0.25) is 0 Å². The molecule has 0 aliphatic heterocycles. The van der Waals surface area contributed by atoms with Crippen LogP contribution in [0, 0.1) is 0 Å². The van der Waals surface area contributed by atoms with Crippen molar-refractivity contribution in [2.75, 3.05) is 19.5 Å². The van der Waals surface area contributed by atoms with E-state index in [4.69, 9.17) is 9.47 Å². The van der Waals surface area contributed by atoms with E-state index in [1.54, 1.807) is 61.7 Å². The van der Waals surface area contributed by atoms with Gasteiger partial charge in [0, 0.05) is 11.6 Å². The van der Waals surface area contributed by atoms with Crippen LogP contribution in [0.3, 0.4) is 0 Å². The van der Waals surface area contributed by atoms with Crippen LogP contribution in [-0.4, -0.2) is 32.1 Å². The number of carbonyl (C=O) groups is 2. The lowest BCUT2D eigenvalue weighted by atomic mass is 10.2. The minimum atomic E-state index is -0.964. The van der Waals surface area contributed by atoms with Crippen LogP contribution in [0.4, 0.5) is 5.69 Å². The lowest BCUT2D eigenvalue weighted by Gasteiger charge is -2.21. The molecule has 2 N–H and O–H groups in total. The van der Waals surface area contributed by atoms with Gasteiger partial charge in [0.1, 0.15) is 11.5 Å². The number of hydrogen-bond donors (Lipinski definition) is 2. The van der Waals surface area contributed by atoms with Gasteiger partial charge in [-0.05, 0) is 35.7 Å². The number of carbonyl (C=O) groups excluding carboxylic acids is 2. The molecule has 0 bridgehead atoms. The Labute approximate surface area is 167 Å². The number of benzene rings is 2. The second-order valence-corrected chi connectivity index (χ2v) is 6.77. The molecule has 0 unspecified atom stereocenters. The van der Waals surface area contributed by atoms with E-state index in [0.717, 1.165) is 0 Å². The molecule has 1 heterocycles. The number of ketones is 1. The van der Waals surface area contributed by atoms with E-state index >= 15 is 0 Å². The van der Waals surface area contributed by atoms with E-state index in [2.05, 4.69) is 10.6 Å². The molecule has 0 radical (unpaired) electrons. The Balaban J connectivity index is 1.88. The first-order valence-electron chi connectivity index (χ1n) is 8.54. The van der Waals surface area contributed by atoms with Crippen LogP contribution < -0.4 is 20.1 Å². The Kier molecular flexibility index (Phi) is 6.29. The average molecular weight is 396 g/mol. The summed E-state index contributed by atoms with van der Waals surface area (Å²) in [7, 11) is 3.09. The average Bonchev–Trinajstić information content (AvgIpc) is 3.28. The first-order valence-corrected chi connectivity index (χ1v) is 9.42. The molecule has 2 aromatic carbocycles. The maximum atomic E-state index is 13.0. The molecule has 3 rings (SSSR count). The van der Waals surface area contributed by atoms with Gasteiger partial charge in [0.05, 0.1) is 24.8 Å². The molecule has 28 heavy (non-hydrogen) atoms. The van der Waals surface area contributed by atoms with Gasteiger partial charge >= 0.3 is 0 Å². The zero-order valence-electron chi connectivity index (χ0n) is 15.5. The third kappa shape index (κ3) is 4.50. The highest BCUT2D eigenvalue weighted by molar-refractivity contribution is 7.12. The summed E-state index contributed by atoms with van der Waals surface area (Å²) in [6, 6.07) is 17.4. The number of anilines is 1. The van der Waals surface area contributed by atoms with E-state index < -0.39 is 6.17 Å². The van der Waals surface area contributed by atoms with Crippen LogP contribution >= 0.6 is 11.3 Å². The fraction of sp³-hybridized carbons (Fsp3) is 0.143. The Morgan fingerprint density at radius 2 is 1.75 bits per heavy atom. The van der Waals surface area contributed by atoms with Crippen molar-refractivity contribution in [2.24, 2.45) is 0 Å². The number of thiophene rings is 1. The van der Waals surface area contributed by atoms with Crippen molar-refractivity contribution in [3.63, 3.8) is 0 Å². The van der Waals surface area contributed by atoms with E-state index in [-0.39, 0.29) is 11.7 Å². The molecule has 1 atom stereocenters. The molecule has 6 nitrogen and oxygen atoms in total. The first-order chi connectivity index (χ1) is 13.6. The second-order valence-electron chi connectivity index (χ2n) is 5.82. The highest BCUT2D eigenvalue weighted by Gasteiger charge is 2.24. The Hall–Kier alpha value is -3.32. The Morgan fingerprint density at radius 1 is 0.964 bits per heavy atom. The molecule has 0 fully saturated rings. The summed E-state index contributed by atoms with van der Waals surface area (Å²) in [5.41, 5.74) is 1.03. The predicted molar refractivity (Wildman–Crippen MR) is 110 cm³/mol. The highest BCUT2D eigenvalue weighted by atomic mass is 32.1. The minimum absolute atomic E-state index is 0.239. The van der Waals surface area contributed by atoms with Gasteiger partial charge in [0.2, 0.25) is 5.78 Å². The largest absolute Gasteiger partial charge is 0.497 e. The lowest BCUT2D eigenvalue weighted by molar-refractivity contribution is 0.0871. The van der Waals surface area contributed by atoms with E-state index in [1.165, 1.54) is 18.4 Å². The van der Waals surface area contributed by atoms with Gasteiger partial charge in [-0.1, -0.05) is 24.3 Å². The fourth-order valence-corrected chi connectivity index (χ4v) is 3.30. The number of ether oxygens (including phenoxy) is 2. The van der Waals surface area contributed by atoms with E-state index in [1.807, 2.05) is 11.4 Å². The summed E-state index contributed by atoms with van der Waals surface area (Å²) in [6.45, 7) is 0. The molecule has 1 amide bonds. The molecule has 1 aromatic heterocycles. The molecule has 0 aliphatic carbocycles. The smallest absolute Gasteiger partial charge is 0.253 e. The molecule has 0 aliphatic rings. The summed E-state index contributed by atoms with van der Waals surface area (Å²) >= 11 is 1.32. The SMILES string of the molecule is COc1ccc(N[C@H](NC(=O)c2ccccc2)C(=O)c2cccs2)c(OC)c1. The normalized spacial score (nSPS) is 11.4. The van der Waals surface area contributed by atoms with Crippen LogP contribution in [-0.2, 0) is 0 Å². The molecule has 0 saturated carbocycles. The number of Topliss-reactive ketones (excluding diaryl/α,β-unsaturated/α-hetero) is 1. The van der Waals surface area contributed by atoms with Crippen LogP contribution in [0.5, 0.6) is 11.5 Å². The molecule has 7 heteroatoms. The number of methoxy groups -OCH3 is 2. The number of rotatable bonds is 8. The standard InChI is InChI=1S/C21H20N2O4S/c1-26-15-10-11-16(17(13-15)27-2)22-20(19(24)18-9-6-12-28-18)23-21(25)14-7-4-3-5-8-14/h3-13,20,22H,1-2H3,(H,23,25)/t20-/m1/s1. The van der Waals surface area contributed by atoms with Gasteiger partial charge in [0.25, 0.3) is 5.91 Å². The van der Waals surface area contributed by atoms with E-state index in [0.29, 0.717) is 27.6 Å². The second kappa shape index (κ2) is 9.05. The highest BCUT2D eigenvalue weighted by Crippen LogP contribution is 2.29. The van der Waals surface area contributed by atoms with Crippen molar-refractivity contribution in [3.05, 3.63) is 76.5 Å². The quantitative estimate of drug-likeness (QED) is 0.447. The van der Waals surface area contributed by atoms with Gasteiger partial charge in [0.15, 0.2) is 6.17 Å². The van der Waals surface area contributed by atoms with E-state index in [9.17, 15) is 9.59 Å². The van der Waals surface area contributed by atoms with Crippen molar-refractivity contribution in [1.82, 2.24) is 5.32 Å². The zero-order chi connectivity index (χ0) is 19.9. The number of amides is 1. The van der Waals surface area contributed by atoms with Gasteiger partial charge in [-0.3, -0.25) is 9.59 Å². The maximum absolute atomic E-state index is 13.0. The Bertz CT molecular complexity index is 942. The lowest BCUT2D eigenvalue weighted by Crippen LogP contribution is -2.46. The van der Waals surface area contributed by atoms with Crippen LogP contribution in [0.1, 0.15) is 20.0 Å². The van der Waals surface area contributed by atoms with Gasteiger partial charge in [-0.25, -0.2) is 0 Å². The Morgan fingerprint density at radius 3 is 2.39 bits per heavy atom. The predicted octanol–water partition coefficient (Wildman–Crippen LogP) is 3.82. The van der Waals surface area contributed by atoms with Crippen molar-refractivity contribution in [1.29, 1.82) is 0 Å². The molecule has 0 saturated heterocycles. The zero-order valence-corrected chi connectivity index (χ0v) is 16.3. The summed E-state index contributed by atoms with van der Waals surface area (Å²) in [5.74, 6) is 0.529. The molecular formula is C21H20N2O4S. The van der Waals surface area contributed by atoms with Crippen LogP contribution in [0.25, 0.3) is 0 Å². The summed E-state index contributed by atoms with van der Waals surface area (Å²) in [6.07, 6.45) is -0.964. The van der Waals surface area contributed by atoms with Crippen LogP contribution in [0.15, 0.2) is 66.0 Å². The summed E-state index contributed by atoms with van der Waals surface area (Å²) in [4.78, 5) is 26.1. The summed E-state index contributed by atoms with van der Waals surface area (Å²) in [5, 5.41) is 7.67. The number of hydrogen-bond acceptors (Lipinski definition) is 6. The monoisotopic (exact) mass is 396 g/mol. The third-order valence-corrected chi connectivity index (χ3v) is 4.93. The third-order valence-electron chi connectivity index (χ3n) is 4.05. The molecule has 0 spiro atoms. The fourth-order valence-electron chi connectivity index (χ4n) is 2.61. The maximum Gasteiger partial charge on any atom is 0.253 e.